The molecule has 2 heterocycles. The highest BCUT2D eigenvalue weighted by Gasteiger charge is 2.25. The second kappa shape index (κ2) is 6.51. The van der Waals surface area contributed by atoms with E-state index in [1.807, 2.05) is 11.0 Å². The topological polar surface area (TPSA) is 62.5 Å². The van der Waals surface area contributed by atoms with Crippen LogP contribution in [0.5, 0.6) is 0 Å². The minimum atomic E-state index is -0.0108. The average molecular weight is 272 g/mol. The monoisotopic (exact) mass is 272 g/mol. The number of piperazine rings is 1. The number of aromatic nitrogens is 1. The van der Waals surface area contributed by atoms with Gasteiger partial charge >= 0.3 is 0 Å². The van der Waals surface area contributed by atoms with E-state index in [2.05, 4.69) is 35.7 Å². The summed E-state index contributed by atoms with van der Waals surface area (Å²) < 4.78 is 0. The Morgan fingerprint density at radius 1 is 1.50 bits per heavy atom. The van der Waals surface area contributed by atoms with E-state index < -0.39 is 0 Å². The van der Waals surface area contributed by atoms with E-state index in [1.54, 1.807) is 12.3 Å². The normalized spacial score (nSPS) is 19.4. The number of hydrogen-bond donors (Lipinski definition) is 1. The molecule has 0 aromatic carbocycles. The van der Waals surface area contributed by atoms with Crippen LogP contribution in [0.1, 0.15) is 23.0 Å². The van der Waals surface area contributed by atoms with Gasteiger partial charge in [0.2, 0.25) is 0 Å². The highest BCUT2D eigenvalue weighted by Crippen LogP contribution is 2.10. The fraction of sp³-hybridized carbons (Fsp3) is 0.467. The Hall–Kier alpha value is -1.90. The van der Waals surface area contributed by atoms with Gasteiger partial charge in [0.25, 0.3) is 5.91 Å². The van der Waals surface area contributed by atoms with Gasteiger partial charge in [-0.2, -0.15) is 0 Å². The molecule has 0 aliphatic carbocycles. The van der Waals surface area contributed by atoms with E-state index in [4.69, 9.17) is 5.73 Å². The third-order valence-corrected chi connectivity index (χ3v) is 3.56. The van der Waals surface area contributed by atoms with Crippen LogP contribution >= 0.6 is 0 Å². The summed E-state index contributed by atoms with van der Waals surface area (Å²) >= 11 is 0. The lowest BCUT2D eigenvalue weighted by molar-refractivity contribution is 0.0567. The molecular weight excluding hydrogens is 252 g/mol. The second-order valence-electron chi connectivity index (χ2n) is 5.02. The van der Waals surface area contributed by atoms with Crippen molar-refractivity contribution in [2.24, 2.45) is 5.73 Å². The Morgan fingerprint density at radius 3 is 2.90 bits per heavy atom. The zero-order valence-corrected chi connectivity index (χ0v) is 12.0. The molecule has 2 N–H and O–H groups in total. The van der Waals surface area contributed by atoms with Crippen LogP contribution in [0.15, 0.2) is 18.3 Å². The quantitative estimate of drug-likeness (QED) is 0.740. The Balaban J connectivity index is 2.06. The number of hydrogen-bond acceptors (Lipinski definition) is 4. The van der Waals surface area contributed by atoms with Crippen molar-refractivity contribution in [2.75, 3.05) is 33.2 Å². The van der Waals surface area contributed by atoms with Crippen molar-refractivity contribution < 1.29 is 4.79 Å². The third kappa shape index (κ3) is 3.35. The minimum Gasteiger partial charge on any atom is -0.334 e. The first-order chi connectivity index (χ1) is 9.61. The van der Waals surface area contributed by atoms with E-state index >= 15 is 0 Å². The smallest absolute Gasteiger partial charge is 0.272 e. The van der Waals surface area contributed by atoms with Crippen LogP contribution in [0.2, 0.25) is 0 Å². The summed E-state index contributed by atoms with van der Waals surface area (Å²) in [4.78, 5) is 20.7. The summed E-state index contributed by atoms with van der Waals surface area (Å²) in [6.45, 7) is 4.83. The number of pyridine rings is 1. The molecule has 1 unspecified atom stereocenters. The summed E-state index contributed by atoms with van der Waals surface area (Å²) in [5.74, 6) is 5.65. The Morgan fingerprint density at radius 2 is 2.30 bits per heavy atom. The lowest BCUT2D eigenvalue weighted by Crippen LogP contribution is -2.52. The first-order valence-corrected chi connectivity index (χ1v) is 6.76. The predicted molar refractivity (Wildman–Crippen MR) is 78.2 cm³/mol. The van der Waals surface area contributed by atoms with Crippen LogP contribution in [0.25, 0.3) is 0 Å². The van der Waals surface area contributed by atoms with Gasteiger partial charge in [-0.3, -0.25) is 4.79 Å². The molecule has 0 bridgehead atoms. The highest BCUT2D eigenvalue weighted by atomic mass is 16.2. The number of nitrogens with zero attached hydrogens (tertiary/aromatic N) is 3. The molecule has 5 heteroatoms. The van der Waals surface area contributed by atoms with Gasteiger partial charge < -0.3 is 15.5 Å². The van der Waals surface area contributed by atoms with Gasteiger partial charge in [0, 0.05) is 37.4 Å². The van der Waals surface area contributed by atoms with Crippen LogP contribution < -0.4 is 5.73 Å². The molecule has 1 aliphatic heterocycles. The van der Waals surface area contributed by atoms with E-state index in [-0.39, 0.29) is 5.91 Å². The van der Waals surface area contributed by atoms with Gasteiger partial charge in [0.1, 0.15) is 5.69 Å². The number of carbonyl (C=O) groups excluding carboxylic acids is 1. The molecule has 1 aliphatic rings. The summed E-state index contributed by atoms with van der Waals surface area (Å²) in [5.41, 5.74) is 6.57. The maximum absolute atomic E-state index is 12.4. The molecule has 1 atom stereocenters. The molecule has 2 rings (SSSR count). The van der Waals surface area contributed by atoms with E-state index in [9.17, 15) is 4.79 Å². The second-order valence-corrected chi connectivity index (χ2v) is 5.02. The van der Waals surface area contributed by atoms with Crippen LogP contribution in [0.3, 0.4) is 0 Å². The molecule has 0 spiro atoms. The van der Waals surface area contributed by atoms with Crippen LogP contribution in [0.4, 0.5) is 0 Å². The van der Waals surface area contributed by atoms with Crippen LogP contribution in [-0.4, -0.2) is 60.0 Å². The maximum atomic E-state index is 12.4. The van der Waals surface area contributed by atoms with Crippen molar-refractivity contribution in [1.29, 1.82) is 0 Å². The first-order valence-electron chi connectivity index (χ1n) is 6.76. The van der Waals surface area contributed by atoms with Crippen molar-refractivity contribution in [3.05, 3.63) is 29.6 Å². The zero-order chi connectivity index (χ0) is 14.5. The number of nitrogens with two attached hydrogens (primary N) is 1. The number of amides is 1. The summed E-state index contributed by atoms with van der Waals surface area (Å²) in [6, 6.07) is 3.91. The fourth-order valence-electron chi connectivity index (χ4n) is 2.14. The average Bonchev–Trinajstić information content (AvgIpc) is 2.48. The minimum absolute atomic E-state index is 0.0108. The Kier molecular flexibility index (Phi) is 4.72. The van der Waals surface area contributed by atoms with Gasteiger partial charge in [-0.1, -0.05) is 11.8 Å². The molecule has 0 radical (unpaired) electrons. The first kappa shape index (κ1) is 14.5. The molecule has 1 amide bonds. The molecule has 1 fully saturated rings. The van der Waals surface area contributed by atoms with Crippen molar-refractivity contribution in [3.63, 3.8) is 0 Å². The van der Waals surface area contributed by atoms with Crippen molar-refractivity contribution in [3.8, 4) is 11.8 Å². The molecule has 1 saturated heterocycles. The number of carbonyl (C=O) groups is 1. The fourth-order valence-corrected chi connectivity index (χ4v) is 2.14. The summed E-state index contributed by atoms with van der Waals surface area (Å²) in [7, 11) is 2.08. The molecular formula is C15H20N4O. The standard InChI is InChI=1S/C15H20N4O/c1-12-11-19(9-8-18(12)2)15(20)14-6-5-13(10-17-14)4-3-7-16/h5-6,10,12H,7-9,11,16H2,1-2H3. The zero-order valence-electron chi connectivity index (χ0n) is 12.0. The maximum Gasteiger partial charge on any atom is 0.272 e. The van der Waals surface area contributed by atoms with Crippen LogP contribution in [0, 0.1) is 11.8 Å². The van der Waals surface area contributed by atoms with Gasteiger partial charge in [0.15, 0.2) is 0 Å². The van der Waals surface area contributed by atoms with Gasteiger partial charge in [-0.05, 0) is 26.1 Å². The van der Waals surface area contributed by atoms with Gasteiger partial charge in [0.05, 0.1) is 6.54 Å². The largest absolute Gasteiger partial charge is 0.334 e. The molecule has 20 heavy (non-hydrogen) atoms. The van der Waals surface area contributed by atoms with Gasteiger partial charge in [-0.15, -0.1) is 0 Å². The molecule has 1 aromatic rings. The van der Waals surface area contributed by atoms with Crippen molar-refractivity contribution in [1.82, 2.24) is 14.8 Å². The van der Waals surface area contributed by atoms with E-state index in [0.29, 0.717) is 18.3 Å². The SMILES string of the molecule is CC1CN(C(=O)c2ccc(C#CCN)cn2)CCN1C. The van der Waals surface area contributed by atoms with Crippen molar-refractivity contribution in [2.45, 2.75) is 13.0 Å². The number of likely N-dealkylation sites (N-methyl/N-ethyl adjacent to an activating group) is 1. The molecule has 106 valence electrons. The summed E-state index contributed by atoms with van der Waals surface area (Å²) in [6.07, 6.45) is 1.62. The van der Waals surface area contributed by atoms with Crippen molar-refractivity contribution >= 4 is 5.91 Å². The lowest BCUT2D eigenvalue weighted by Gasteiger charge is -2.37. The highest BCUT2D eigenvalue weighted by molar-refractivity contribution is 5.92. The predicted octanol–water partition coefficient (Wildman–Crippen LogP) is 0.168. The van der Waals surface area contributed by atoms with E-state index in [1.165, 1.54) is 0 Å². The van der Waals surface area contributed by atoms with Gasteiger partial charge in [-0.25, -0.2) is 4.98 Å². The lowest BCUT2D eigenvalue weighted by atomic mass is 10.2. The third-order valence-electron chi connectivity index (χ3n) is 3.56. The summed E-state index contributed by atoms with van der Waals surface area (Å²) in [5, 5.41) is 0. The number of rotatable bonds is 1. The Bertz CT molecular complexity index is 529. The Labute approximate surface area is 119 Å². The molecule has 0 saturated carbocycles. The molecule has 5 nitrogen and oxygen atoms in total. The van der Waals surface area contributed by atoms with E-state index in [0.717, 1.165) is 25.2 Å². The van der Waals surface area contributed by atoms with Crippen LogP contribution in [-0.2, 0) is 0 Å². The molecule has 1 aromatic heterocycles.